The van der Waals surface area contributed by atoms with E-state index in [-0.39, 0.29) is 23.9 Å². The molecule has 1 aromatic rings. The van der Waals surface area contributed by atoms with Crippen LogP contribution in [-0.2, 0) is 16.1 Å². The lowest BCUT2D eigenvalue weighted by atomic mass is 10.0. The normalized spacial score (nSPS) is 25.5. The quantitative estimate of drug-likeness (QED) is 0.839. The first-order chi connectivity index (χ1) is 10.7. The maximum absolute atomic E-state index is 12.9. The van der Waals surface area contributed by atoms with Gasteiger partial charge in [0.05, 0.1) is 18.5 Å². The Bertz CT molecular complexity index is 534. The summed E-state index contributed by atoms with van der Waals surface area (Å²) >= 11 is 1.66. The topological polar surface area (TPSA) is 58.4 Å². The number of carbonyl (C=O) groups excluding carboxylic acids is 2. The molecule has 2 atom stereocenters. The third kappa shape index (κ3) is 3.14. The molecule has 2 aliphatic rings. The maximum atomic E-state index is 12.9. The molecule has 3 heterocycles. The first-order valence-corrected chi connectivity index (χ1v) is 8.95. The molecule has 0 N–H and O–H groups in total. The molecule has 6 nitrogen and oxygen atoms in total. The zero-order valence-electron chi connectivity index (χ0n) is 12.9. The molecule has 0 radical (unpaired) electrons. The SMILES string of the molecule is CC(=O)N1CSC[C@H]1C(=O)N1CCCC[C@@H]1Cn1cccn1. The van der Waals surface area contributed by atoms with Gasteiger partial charge in [0.2, 0.25) is 11.8 Å². The third-order valence-corrected chi connectivity index (χ3v) is 5.45. The van der Waals surface area contributed by atoms with Gasteiger partial charge in [0.15, 0.2) is 0 Å². The molecule has 120 valence electrons. The maximum Gasteiger partial charge on any atom is 0.246 e. The summed E-state index contributed by atoms with van der Waals surface area (Å²) in [5.74, 6) is 1.44. The van der Waals surface area contributed by atoms with Gasteiger partial charge in [0, 0.05) is 31.6 Å². The standard InChI is InChI=1S/C15H22N4O2S/c1-12(20)19-11-22-10-14(19)15(21)18-8-3-2-5-13(18)9-17-7-4-6-16-17/h4,6-7,13-14H,2-3,5,8-11H2,1H3/t13-,14+/m1/s1. The lowest BCUT2D eigenvalue weighted by Crippen LogP contribution is -2.54. The molecule has 0 unspecified atom stereocenters. The number of amides is 2. The average Bonchev–Trinajstić information content (AvgIpc) is 3.18. The lowest BCUT2D eigenvalue weighted by molar-refractivity contribution is -0.145. The van der Waals surface area contributed by atoms with Crippen molar-refractivity contribution >= 4 is 23.6 Å². The van der Waals surface area contributed by atoms with Crippen LogP contribution in [0.4, 0.5) is 0 Å². The Morgan fingerprint density at radius 1 is 1.32 bits per heavy atom. The first-order valence-electron chi connectivity index (χ1n) is 7.79. The second kappa shape index (κ2) is 6.73. The molecule has 0 aliphatic carbocycles. The molecule has 3 rings (SSSR count). The van der Waals surface area contributed by atoms with E-state index in [0.717, 1.165) is 32.4 Å². The van der Waals surface area contributed by atoms with E-state index in [2.05, 4.69) is 5.10 Å². The largest absolute Gasteiger partial charge is 0.336 e. The predicted octanol–water partition coefficient (Wildman–Crippen LogP) is 1.19. The Morgan fingerprint density at radius 2 is 2.18 bits per heavy atom. The van der Waals surface area contributed by atoms with Crippen LogP contribution in [0.25, 0.3) is 0 Å². The fourth-order valence-corrected chi connectivity index (χ4v) is 4.46. The van der Waals surface area contributed by atoms with E-state index in [1.807, 2.05) is 21.8 Å². The van der Waals surface area contributed by atoms with Crippen molar-refractivity contribution < 1.29 is 9.59 Å². The molecular formula is C15H22N4O2S. The summed E-state index contributed by atoms with van der Waals surface area (Å²) in [5, 5.41) is 4.25. The molecule has 0 bridgehead atoms. The highest BCUT2D eigenvalue weighted by Gasteiger charge is 2.38. The number of piperidine rings is 1. The van der Waals surface area contributed by atoms with E-state index in [1.165, 1.54) is 0 Å². The highest BCUT2D eigenvalue weighted by Crippen LogP contribution is 2.26. The third-order valence-electron chi connectivity index (χ3n) is 4.44. The van der Waals surface area contributed by atoms with Crippen molar-refractivity contribution in [3.63, 3.8) is 0 Å². The van der Waals surface area contributed by atoms with Crippen molar-refractivity contribution in [1.82, 2.24) is 19.6 Å². The molecule has 2 amide bonds. The number of hydrogen-bond acceptors (Lipinski definition) is 4. The molecule has 0 aromatic carbocycles. The van der Waals surface area contributed by atoms with Crippen molar-refractivity contribution in [2.75, 3.05) is 18.2 Å². The smallest absolute Gasteiger partial charge is 0.246 e. The van der Waals surface area contributed by atoms with Crippen molar-refractivity contribution in [2.24, 2.45) is 0 Å². The number of hydrogen-bond donors (Lipinski definition) is 0. The molecule has 2 aliphatic heterocycles. The van der Waals surface area contributed by atoms with E-state index < -0.39 is 0 Å². The van der Waals surface area contributed by atoms with E-state index in [9.17, 15) is 9.59 Å². The van der Waals surface area contributed by atoms with Crippen molar-refractivity contribution in [1.29, 1.82) is 0 Å². The molecule has 2 saturated heterocycles. The van der Waals surface area contributed by atoms with E-state index in [0.29, 0.717) is 11.6 Å². The summed E-state index contributed by atoms with van der Waals surface area (Å²) in [5.41, 5.74) is 0. The molecule has 7 heteroatoms. The summed E-state index contributed by atoms with van der Waals surface area (Å²) in [4.78, 5) is 28.3. The summed E-state index contributed by atoms with van der Waals surface area (Å²) in [6.45, 7) is 3.07. The van der Waals surface area contributed by atoms with Gasteiger partial charge >= 0.3 is 0 Å². The van der Waals surface area contributed by atoms with Crippen LogP contribution in [0.3, 0.4) is 0 Å². The summed E-state index contributed by atoms with van der Waals surface area (Å²) in [7, 11) is 0. The molecule has 1 aromatic heterocycles. The fraction of sp³-hybridized carbons (Fsp3) is 0.667. The van der Waals surface area contributed by atoms with Gasteiger partial charge in [-0.3, -0.25) is 14.3 Å². The Labute approximate surface area is 134 Å². The minimum atomic E-state index is -0.291. The Balaban J connectivity index is 1.72. The summed E-state index contributed by atoms with van der Waals surface area (Å²) < 4.78 is 1.89. The number of carbonyl (C=O) groups is 2. The van der Waals surface area contributed by atoms with Gasteiger partial charge in [0.25, 0.3) is 0 Å². The van der Waals surface area contributed by atoms with Gasteiger partial charge in [-0.2, -0.15) is 5.10 Å². The molecule has 0 saturated carbocycles. The van der Waals surface area contributed by atoms with Crippen LogP contribution in [0.1, 0.15) is 26.2 Å². The van der Waals surface area contributed by atoms with Crippen molar-refractivity contribution in [2.45, 2.75) is 44.8 Å². The molecular weight excluding hydrogens is 300 g/mol. The molecule has 2 fully saturated rings. The second-order valence-corrected chi connectivity index (χ2v) is 6.91. The van der Waals surface area contributed by atoms with Gasteiger partial charge in [-0.1, -0.05) is 0 Å². The van der Waals surface area contributed by atoms with E-state index in [1.54, 1.807) is 29.8 Å². The summed E-state index contributed by atoms with van der Waals surface area (Å²) in [6.07, 6.45) is 6.89. The van der Waals surface area contributed by atoms with Crippen LogP contribution < -0.4 is 0 Å². The van der Waals surface area contributed by atoms with Gasteiger partial charge in [-0.25, -0.2) is 0 Å². The van der Waals surface area contributed by atoms with Gasteiger partial charge < -0.3 is 9.80 Å². The van der Waals surface area contributed by atoms with Crippen LogP contribution in [0.5, 0.6) is 0 Å². The number of likely N-dealkylation sites (tertiary alicyclic amines) is 1. The lowest BCUT2D eigenvalue weighted by Gasteiger charge is -2.38. The van der Waals surface area contributed by atoms with E-state index >= 15 is 0 Å². The number of thioether (sulfide) groups is 1. The Morgan fingerprint density at radius 3 is 2.91 bits per heavy atom. The average molecular weight is 322 g/mol. The Kier molecular flexibility index (Phi) is 4.71. The minimum Gasteiger partial charge on any atom is -0.336 e. The summed E-state index contributed by atoms with van der Waals surface area (Å²) in [6, 6.07) is 1.79. The van der Waals surface area contributed by atoms with Crippen LogP contribution in [-0.4, -0.2) is 61.7 Å². The molecule has 22 heavy (non-hydrogen) atoms. The van der Waals surface area contributed by atoms with E-state index in [4.69, 9.17) is 0 Å². The van der Waals surface area contributed by atoms with Crippen molar-refractivity contribution in [3.05, 3.63) is 18.5 Å². The van der Waals surface area contributed by atoms with Crippen LogP contribution in [0, 0.1) is 0 Å². The van der Waals surface area contributed by atoms with Crippen LogP contribution in [0.2, 0.25) is 0 Å². The monoisotopic (exact) mass is 322 g/mol. The minimum absolute atomic E-state index is 0.0102. The zero-order chi connectivity index (χ0) is 15.5. The van der Waals surface area contributed by atoms with Crippen molar-refractivity contribution in [3.8, 4) is 0 Å². The fourth-order valence-electron chi connectivity index (χ4n) is 3.25. The highest BCUT2D eigenvalue weighted by atomic mass is 32.2. The molecule has 0 spiro atoms. The number of rotatable bonds is 3. The van der Waals surface area contributed by atoms with Crippen LogP contribution >= 0.6 is 11.8 Å². The Hall–Kier alpha value is -1.50. The zero-order valence-corrected chi connectivity index (χ0v) is 13.7. The van der Waals surface area contributed by atoms with Gasteiger partial charge in [-0.15, -0.1) is 11.8 Å². The first kappa shape index (κ1) is 15.4. The number of nitrogens with zero attached hydrogens (tertiary/aromatic N) is 4. The van der Waals surface area contributed by atoms with Crippen LogP contribution in [0.15, 0.2) is 18.5 Å². The number of aromatic nitrogens is 2. The second-order valence-electron chi connectivity index (χ2n) is 5.91. The van der Waals surface area contributed by atoms with Gasteiger partial charge in [0.1, 0.15) is 6.04 Å². The highest BCUT2D eigenvalue weighted by molar-refractivity contribution is 7.99. The predicted molar refractivity (Wildman–Crippen MR) is 85.2 cm³/mol. The van der Waals surface area contributed by atoms with Gasteiger partial charge in [-0.05, 0) is 25.3 Å².